The Bertz CT molecular complexity index is 943. The Hall–Kier alpha value is -1.79. The maximum absolute atomic E-state index is 6.19. The SMILES string of the molecule is Cc1csc(N/N=C/c2cccc(OCc3c(Cl)ccc(Cl)c3Cl)c2)n1. The summed E-state index contributed by atoms with van der Waals surface area (Å²) in [6.45, 7) is 2.15. The fraction of sp³-hybridized carbons (Fsp3) is 0.111. The molecule has 0 fully saturated rings. The van der Waals surface area contributed by atoms with Crippen LogP contribution in [0, 0.1) is 6.92 Å². The number of anilines is 1. The van der Waals surface area contributed by atoms with Gasteiger partial charge in [0.05, 0.1) is 22.0 Å². The van der Waals surface area contributed by atoms with E-state index in [1.165, 1.54) is 11.3 Å². The van der Waals surface area contributed by atoms with Crippen molar-refractivity contribution in [3.8, 4) is 5.75 Å². The van der Waals surface area contributed by atoms with Crippen molar-refractivity contribution in [2.45, 2.75) is 13.5 Å². The Balaban J connectivity index is 1.65. The minimum Gasteiger partial charge on any atom is -0.489 e. The summed E-state index contributed by atoms with van der Waals surface area (Å²) in [6, 6.07) is 10.9. The van der Waals surface area contributed by atoms with E-state index in [9.17, 15) is 0 Å². The van der Waals surface area contributed by atoms with E-state index in [1.807, 2.05) is 36.6 Å². The highest BCUT2D eigenvalue weighted by molar-refractivity contribution is 7.13. The summed E-state index contributed by atoms with van der Waals surface area (Å²) < 4.78 is 5.80. The minimum absolute atomic E-state index is 0.218. The first kappa shape index (κ1) is 19.0. The molecule has 0 saturated carbocycles. The lowest BCUT2D eigenvalue weighted by Crippen LogP contribution is -1.98. The van der Waals surface area contributed by atoms with Gasteiger partial charge in [0.15, 0.2) is 0 Å². The van der Waals surface area contributed by atoms with Gasteiger partial charge in [0.25, 0.3) is 0 Å². The summed E-state index contributed by atoms with van der Waals surface area (Å²) in [5.74, 6) is 0.672. The largest absolute Gasteiger partial charge is 0.489 e. The van der Waals surface area contributed by atoms with Crippen LogP contribution in [-0.2, 0) is 6.61 Å². The van der Waals surface area contributed by atoms with Gasteiger partial charge < -0.3 is 4.74 Å². The number of aromatic nitrogens is 1. The van der Waals surface area contributed by atoms with E-state index in [-0.39, 0.29) is 6.61 Å². The van der Waals surface area contributed by atoms with Crippen LogP contribution < -0.4 is 10.2 Å². The summed E-state index contributed by atoms with van der Waals surface area (Å²) in [5.41, 5.74) is 5.39. The van der Waals surface area contributed by atoms with Crippen LogP contribution >= 0.6 is 46.1 Å². The monoisotopic (exact) mass is 425 g/mol. The molecule has 1 N–H and O–H groups in total. The summed E-state index contributed by atoms with van der Waals surface area (Å²) >= 11 is 19.9. The van der Waals surface area contributed by atoms with Crippen LogP contribution in [0.1, 0.15) is 16.8 Å². The zero-order valence-corrected chi connectivity index (χ0v) is 16.8. The predicted octanol–water partition coefficient (Wildman–Crippen LogP) is 6.44. The molecule has 1 aromatic heterocycles. The van der Waals surface area contributed by atoms with Gasteiger partial charge in [0.1, 0.15) is 12.4 Å². The highest BCUT2D eigenvalue weighted by Gasteiger charge is 2.10. The quantitative estimate of drug-likeness (QED) is 0.280. The number of hydrogen-bond acceptors (Lipinski definition) is 5. The topological polar surface area (TPSA) is 46.5 Å². The Morgan fingerprint density at radius 1 is 1.19 bits per heavy atom. The van der Waals surface area contributed by atoms with Gasteiger partial charge in [-0.3, -0.25) is 5.43 Å². The van der Waals surface area contributed by atoms with Crippen molar-refractivity contribution >= 4 is 57.5 Å². The molecule has 134 valence electrons. The van der Waals surface area contributed by atoms with Crippen LogP contribution in [0.15, 0.2) is 46.9 Å². The molecule has 3 aromatic rings. The third-order valence-electron chi connectivity index (χ3n) is 3.37. The van der Waals surface area contributed by atoms with Crippen molar-refractivity contribution in [2.75, 3.05) is 5.43 Å². The molecule has 0 aliphatic carbocycles. The normalized spacial score (nSPS) is 11.1. The summed E-state index contributed by atoms with van der Waals surface area (Å²) in [5, 5.41) is 8.25. The van der Waals surface area contributed by atoms with E-state index in [4.69, 9.17) is 39.5 Å². The number of ether oxygens (including phenoxy) is 1. The number of benzene rings is 2. The fourth-order valence-electron chi connectivity index (χ4n) is 2.11. The second-order valence-electron chi connectivity index (χ2n) is 5.35. The van der Waals surface area contributed by atoms with Crippen molar-refractivity contribution in [2.24, 2.45) is 5.10 Å². The van der Waals surface area contributed by atoms with Gasteiger partial charge in [-0.05, 0) is 36.8 Å². The number of hydrogen-bond donors (Lipinski definition) is 1. The molecule has 8 heteroatoms. The smallest absolute Gasteiger partial charge is 0.203 e. The molecule has 1 heterocycles. The maximum Gasteiger partial charge on any atom is 0.203 e. The molecule has 0 amide bonds. The molecule has 0 saturated heterocycles. The number of halogens is 3. The van der Waals surface area contributed by atoms with Crippen molar-refractivity contribution in [1.29, 1.82) is 0 Å². The standard InChI is InChI=1S/C18H14Cl3N3OS/c1-11-10-26-18(23-11)24-22-8-12-3-2-4-13(7-12)25-9-14-15(19)5-6-16(20)17(14)21/h2-8,10H,9H2,1H3,(H,23,24)/b22-8+. The molecular formula is C18H14Cl3N3OS. The zero-order chi connectivity index (χ0) is 18.5. The maximum atomic E-state index is 6.19. The van der Waals surface area contributed by atoms with Gasteiger partial charge in [0, 0.05) is 16.0 Å². The average molecular weight is 427 g/mol. The molecule has 0 spiro atoms. The Kier molecular flexibility index (Phi) is 6.38. The Morgan fingerprint density at radius 3 is 2.77 bits per heavy atom. The molecule has 0 atom stereocenters. The van der Waals surface area contributed by atoms with Gasteiger partial charge in [0.2, 0.25) is 5.13 Å². The van der Waals surface area contributed by atoms with Crippen LogP contribution in [0.2, 0.25) is 15.1 Å². The third kappa shape index (κ3) is 4.89. The molecule has 4 nitrogen and oxygen atoms in total. The molecule has 3 rings (SSSR count). The predicted molar refractivity (Wildman–Crippen MR) is 110 cm³/mol. The highest BCUT2D eigenvalue weighted by Crippen LogP contribution is 2.32. The van der Waals surface area contributed by atoms with Crippen LogP contribution in [0.25, 0.3) is 0 Å². The van der Waals surface area contributed by atoms with Gasteiger partial charge in [-0.25, -0.2) is 4.98 Å². The van der Waals surface area contributed by atoms with E-state index in [2.05, 4.69) is 15.5 Å². The highest BCUT2D eigenvalue weighted by atomic mass is 35.5. The van der Waals surface area contributed by atoms with Crippen LogP contribution in [0.4, 0.5) is 5.13 Å². The second-order valence-corrected chi connectivity index (χ2v) is 7.40. The number of thiazole rings is 1. The lowest BCUT2D eigenvalue weighted by Gasteiger charge is -2.11. The van der Waals surface area contributed by atoms with Gasteiger partial charge >= 0.3 is 0 Å². The van der Waals surface area contributed by atoms with Gasteiger partial charge in [-0.2, -0.15) is 5.10 Å². The lowest BCUT2D eigenvalue weighted by molar-refractivity contribution is 0.306. The minimum atomic E-state index is 0.218. The van der Waals surface area contributed by atoms with Crippen LogP contribution in [0.3, 0.4) is 0 Å². The first-order valence-electron chi connectivity index (χ1n) is 7.59. The van der Waals surface area contributed by atoms with Crippen LogP contribution in [0.5, 0.6) is 5.75 Å². The molecular weight excluding hydrogens is 413 g/mol. The fourth-order valence-corrected chi connectivity index (χ4v) is 3.40. The molecule has 0 bridgehead atoms. The van der Waals surface area contributed by atoms with E-state index in [1.54, 1.807) is 18.3 Å². The Morgan fingerprint density at radius 2 is 2.00 bits per heavy atom. The van der Waals surface area contributed by atoms with Crippen molar-refractivity contribution in [1.82, 2.24) is 4.98 Å². The average Bonchev–Trinajstić information content (AvgIpc) is 3.04. The van der Waals surface area contributed by atoms with Crippen LogP contribution in [-0.4, -0.2) is 11.2 Å². The molecule has 2 aromatic carbocycles. The lowest BCUT2D eigenvalue weighted by atomic mass is 10.2. The second kappa shape index (κ2) is 8.73. The summed E-state index contributed by atoms with van der Waals surface area (Å²) in [6.07, 6.45) is 1.70. The number of hydrazone groups is 1. The molecule has 0 radical (unpaired) electrons. The molecule has 0 aliphatic heterocycles. The molecule has 0 unspecified atom stereocenters. The van der Waals surface area contributed by atoms with E-state index >= 15 is 0 Å². The number of nitrogens with one attached hydrogen (secondary N) is 1. The van der Waals surface area contributed by atoms with E-state index < -0.39 is 0 Å². The van der Waals surface area contributed by atoms with Crippen molar-refractivity contribution < 1.29 is 4.74 Å². The molecule has 26 heavy (non-hydrogen) atoms. The van der Waals surface area contributed by atoms with E-state index in [0.717, 1.165) is 16.4 Å². The number of nitrogens with zero attached hydrogens (tertiary/aromatic N) is 2. The van der Waals surface area contributed by atoms with Gasteiger partial charge in [-0.15, -0.1) is 11.3 Å². The Labute approximate surface area is 170 Å². The molecule has 0 aliphatic rings. The zero-order valence-electron chi connectivity index (χ0n) is 13.7. The number of rotatable bonds is 6. The summed E-state index contributed by atoms with van der Waals surface area (Å²) in [7, 11) is 0. The van der Waals surface area contributed by atoms with Crippen molar-refractivity contribution in [3.05, 3.63) is 73.7 Å². The first-order valence-corrected chi connectivity index (χ1v) is 9.61. The first-order chi connectivity index (χ1) is 12.5. The van der Waals surface area contributed by atoms with Gasteiger partial charge in [-0.1, -0.05) is 46.9 Å². The number of aryl methyl sites for hydroxylation is 1. The summed E-state index contributed by atoms with van der Waals surface area (Å²) in [4.78, 5) is 4.28. The third-order valence-corrected chi connectivity index (χ3v) is 5.44. The van der Waals surface area contributed by atoms with Crippen molar-refractivity contribution in [3.63, 3.8) is 0 Å². The van der Waals surface area contributed by atoms with E-state index in [0.29, 0.717) is 26.4 Å².